The molecule has 2 rings (SSSR count). The van der Waals surface area contributed by atoms with Gasteiger partial charge >= 0.3 is 6.36 Å². The smallest absolute Gasteiger partial charge is 0.516 e. The van der Waals surface area contributed by atoms with Gasteiger partial charge in [-0.05, 0) is 108 Å². The minimum absolute atomic E-state index is 0. The van der Waals surface area contributed by atoms with Crippen molar-refractivity contribution >= 4 is 26.7 Å². The van der Waals surface area contributed by atoms with Crippen LogP contribution in [-0.4, -0.2) is 16.5 Å². The zero-order chi connectivity index (χ0) is 28.6. The van der Waals surface area contributed by atoms with Gasteiger partial charge in [0, 0.05) is 37.4 Å². The van der Waals surface area contributed by atoms with Gasteiger partial charge in [-0.25, -0.2) is 0 Å². The quantitative estimate of drug-likeness (QED) is 0.186. The van der Waals surface area contributed by atoms with Crippen LogP contribution >= 0.6 is 11.3 Å². The number of fused-ring (bicyclic) bond motifs is 1. The fourth-order valence-corrected chi connectivity index (χ4v) is 4.16. The largest absolute Gasteiger partial charge is 0.573 e. The molecular weight excluding hydrogens is 598 g/mol. The number of alkyl halides is 3. The Morgan fingerprint density at radius 3 is 1.97 bits per heavy atom. The maximum absolute atomic E-state index is 11.9. The van der Waals surface area contributed by atoms with Gasteiger partial charge in [0.2, 0.25) is 0 Å². The first-order chi connectivity index (χ1) is 17.9. The molecule has 39 heavy (non-hydrogen) atoms. The van der Waals surface area contributed by atoms with E-state index in [1.165, 1.54) is 46.9 Å². The molecule has 0 amide bonds. The summed E-state index contributed by atoms with van der Waals surface area (Å²) in [7, 11) is 0. The van der Waals surface area contributed by atoms with E-state index >= 15 is 0 Å². The van der Waals surface area contributed by atoms with Crippen LogP contribution < -0.4 is 4.74 Å². The molecule has 0 aliphatic rings. The minimum Gasteiger partial charge on any atom is -0.516 e. The fourth-order valence-electron chi connectivity index (χ4n) is 3.42. The summed E-state index contributed by atoms with van der Waals surface area (Å²) in [6, 6.07) is 3.79. The summed E-state index contributed by atoms with van der Waals surface area (Å²) in [6.07, 6.45) is 15.1. The van der Waals surface area contributed by atoms with Crippen molar-refractivity contribution in [1.29, 1.82) is 0 Å². The number of rotatable bonds is 12. The van der Waals surface area contributed by atoms with Crippen molar-refractivity contribution in [1.82, 2.24) is 4.98 Å². The molecule has 0 fully saturated rings. The van der Waals surface area contributed by atoms with Gasteiger partial charge in [0.15, 0.2) is 0 Å². The van der Waals surface area contributed by atoms with Crippen LogP contribution in [0.2, 0.25) is 0 Å². The van der Waals surface area contributed by atoms with Gasteiger partial charge in [-0.15, -0.1) is 24.5 Å². The number of halogens is 3. The van der Waals surface area contributed by atoms with Crippen LogP contribution in [-0.2, 0) is 32.7 Å². The number of hydrogen-bond donors (Lipinski definition) is 1. The molecule has 0 saturated carbocycles. The van der Waals surface area contributed by atoms with Crippen molar-refractivity contribution in [2.45, 2.75) is 85.9 Å². The molecule has 2 N–H and O–H groups in total. The first-order valence-electron chi connectivity index (χ1n) is 12.7. The molecule has 213 valence electrons. The fraction of sp³-hybridized carbons (Fsp3) is 0.433. The van der Waals surface area contributed by atoms with E-state index < -0.39 is 6.36 Å². The van der Waals surface area contributed by atoms with Crippen LogP contribution in [0.25, 0.3) is 16.0 Å². The number of aliphatic hydroxyl groups is 1. The number of allylic oxidation sites excluding steroid dienone is 9. The van der Waals surface area contributed by atoms with Gasteiger partial charge in [-0.2, -0.15) is 0 Å². The molecule has 0 saturated heterocycles. The molecule has 0 aliphatic carbocycles. The number of aromatic nitrogens is 1. The molecule has 0 aliphatic heterocycles. The van der Waals surface area contributed by atoms with Crippen LogP contribution in [0.15, 0.2) is 77.1 Å². The predicted molar refractivity (Wildman–Crippen MR) is 155 cm³/mol. The first-order valence-corrected chi connectivity index (χ1v) is 13.5. The molecule has 0 spiro atoms. The molecule has 1 aromatic heterocycles. The van der Waals surface area contributed by atoms with Crippen LogP contribution in [0.5, 0.6) is 5.75 Å². The summed E-state index contributed by atoms with van der Waals surface area (Å²) in [4.78, 5) is 3.80. The van der Waals surface area contributed by atoms with Crippen molar-refractivity contribution < 1.29 is 55.7 Å². The Morgan fingerprint density at radius 1 is 0.923 bits per heavy atom. The molecule has 1 radical (unpaired) electrons. The van der Waals surface area contributed by atoms with Gasteiger partial charge in [-0.1, -0.05) is 52.7 Å². The van der Waals surface area contributed by atoms with E-state index in [4.69, 9.17) is 10.8 Å². The van der Waals surface area contributed by atoms with E-state index in [9.17, 15) is 13.2 Å². The van der Waals surface area contributed by atoms with E-state index in [0.717, 1.165) is 56.1 Å². The molecule has 1 heterocycles. The average Bonchev–Trinajstić information content (AvgIpc) is 3.17. The first kappa shape index (κ1) is 37.1. The third kappa shape index (κ3) is 18.9. The Balaban J connectivity index is 0.000000776. The monoisotopic (exact) mass is 638 g/mol. The number of benzene rings is 1. The predicted octanol–water partition coefficient (Wildman–Crippen LogP) is 11.5. The Labute approximate surface area is 260 Å². The SMILES string of the molecule is CC(C)=CCC/C(C)=C/CC/C(C)=C/CC/C(C)=C/C/C=C/O.[NH-]c1nc2ccc(OC(F)(F)F)cc2s1.[Y]. The van der Waals surface area contributed by atoms with E-state index in [1.54, 1.807) is 6.08 Å². The normalized spacial score (nSPS) is 12.7. The summed E-state index contributed by atoms with van der Waals surface area (Å²) >= 11 is 1.00. The second-order valence-corrected chi connectivity index (χ2v) is 10.4. The van der Waals surface area contributed by atoms with Crippen molar-refractivity contribution in [3.63, 3.8) is 0 Å². The number of nitrogens with zero attached hydrogens (tertiary/aromatic N) is 1. The number of thiazole rings is 1. The Hall–Kier alpha value is -1.90. The van der Waals surface area contributed by atoms with Gasteiger partial charge in [0.25, 0.3) is 0 Å². The third-order valence-electron chi connectivity index (χ3n) is 5.46. The van der Waals surface area contributed by atoms with E-state index in [0.29, 0.717) is 10.2 Å². The molecule has 9 heteroatoms. The summed E-state index contributed by atoms with van der Waals surface area (Å²) in [6.45, 7) is 11.0. The average molecular weight is 639 g/mol. The van der Waals surface area contributed by atoms with Crippen molar-refractivity contribution in [2.75, 3.05) is 0 Å². The van der Waals surface area contributed by atoms with Gasteiger partial charge < -0.3 is 20.6 Å². The van der Waals surface area contributed by atoms with Crippen molar-refractivity contribution in [3.05, 3.63) is 82.9 Å². The minimum atomic E-state index is -4.69. The second-order valence-electron chi connectivity index (χ2n) is 9.37. The van der Waals surface area contributed by atoms with Crippen LogP contribution in [0.3, 0.4) is 0 Å². The topological polar surface area (TPSA) is 66.2 Å². The van der Waals surface area contributed by atoms with Crippen LogP contribution in [0.4, 0.5) is 18.3 Å². The van der Waals surface area contributed by atoms with E-state index in [-0.39, 0.29) is 43.6 Å². The zero-order valence-electron chi connectivity index (χ0n) is 23.6. The maximum atomic E-state index is 11.9. The van der Waals surface area contributed by atoms with Crippen molar-refractivity contribution in [3.8, 4) is 5.75 Å². The molecule has 0 atom stereocenters. The summed E-state index contributed by atoms with van der Waals surface area (Å²) in [5, 5.41) is 8.66. The summed E-state index contributed by atoms with van der Waals surface area (Å²) in [5.74, 6) is -0.293. The Bertz CT molecular complexity index is 1140. The molecule has 4 nitrogen and oxygen atoms in total. The van der Waals surface area contributed by atoms with E-state index in [2.05, 4.69) is 68.6 Å². The van der Waals surface area contributed by atoms with Gasteiger partial charge in [-0.3, -0.25) is 0 Å². The summed E-state index contributed by atoms with van der Waals surface area (Å²) in [5.41, 5.74) is 13.5. The number of ether oxygens (including phenoxy) is 1. The molecule has 2 aromatic rings. The Morgan fingerprint density at radius 2 is 1.46 bits per heavy atom. The number of aliphatic hydroxyl groups excluding tert-OH is 1. The van der Waals surface area contributed by atoms with Gasteiger partial charge in [0.05, 0.1) is 6.26 Å². The maximum Gasteiger partial charge on any atom is 0.573 e. The molecule has 1 aromatic carbocycles. The van der Waals surface area contributed by atoms with E-state index in [1.807, 2.05) is 0 Å². The second kappa shape index (κ2) is 20.1. The van der Waals surface area contributed by atoms with Gasteiger partial charge in [0.1, 0.15) is 5.75 Å². The number of nitrogens with one attached hydrogen (secondary N) is 1. The molecule has 0 unspecified atom stereocenters. The number of hydrogen-bond acceptors (Lipinski definition) is 4. The molecule has 0 bridgehead atoms. The third-order valence-corrected chi connectivity index (χ3v) is 6.29. The van der Waals surface area contributed by atoms with Crippen molar-refractivity contribution in [2.24, 2.45) is 0 Å². The zero-order valence-corrected chi connectivity index (χ0v) is 27.2. The Kier molecular flexibility index (Phi) is 19.1. The summed E-state index contributed by atoms with van der Waals surface area (Å²) < 4.78 is 39.9. The van der Waals surface area contributed by atoms with Crippen LogP contribution in [0, 0.1) is 0 Å². The molecular formula is C30H40F3N2O2SY-. The van der Waals surface area contributed by atoms with Crippen LogP contribution in [0.1, 0.15) is 79.6 Å². The standard InChI is InChI=1S/C22H36O.C8H4F3N2OS.Y/c1-19(2)11-8-13-21(4)15-10-17-22(5)16-9-14-20(3)12-6-7-18-23;9-8(10,11)14-4-1-2-5-6(3-4)15-7(12)13-5;/h7,11-12,15-16,18,23H,6,8-10,13-14,17H2,1-5H3;1-3H,(H-,12,13);/q;-1;/b18-7+,20-12+,21-15+,22-16+;;.